The highest BCUT2D eigenvalue weighted by atomic mass is 16.6. The minimum Gasteiger partial charge on any atom is -0.493 e. The number of piperidine rings is 1. The molecule has 0 saturated carbocycles. The molecule has 40 heavy (non-hydrogen) atoms. The summed E-state index contributed by atoms with van der Waals surface area (Å²) in [6.45, 7) is 14.4. The van der Waals surface area contributed by atoms with Crippen LogP contribution in [-0.2, 0) is 22.5 Å². The first-order valence-corrected chi connectivity index (χ1v) is 14.3. The average molecular weight is 558 g/mol. The summed E-state index contributed by atoms with van der Waals surface area (Å²) < 4.78 is 10.7. The number of pyridine rings is 1. The van der Waals surface area contributed by atoms with Crippen molar-refractivity contribution in [3.63, 3.8) is 0 Å². The number of nitrogens with zero attached hydrogens (tertiary/aromatic N) is 2. The van der Waals surface area contributed by atoms with Crippen molar-refractivity contribution in [1.29, 1.82) is 0 Å². The topological polar surface area (TPSA) is 72.9 Å². The lowest BCUT2D eigenvalue weighted by Gasteiger charge is -2.31. The first-order chi connectivity index (χ1) is 18.9. The van der Waals surface area contributed by atoms with E-state index in [0.717, 1.165) is 72.2 Å². The average Bonchev–Trinajstić information content (AvgIpc) is 2.94. The first kappa shape index (κ1) is 36.9. The fourth-order valence-electron chi connectivity index (χ4n) is 4.45. The fourth-order valence-corrected chi connectivity index (χ4v) is 4.45. The van der Waals surface area contributed by atoms with Gasteiger partial charge < -0.3 is 14.4 Å². The number of nitrogens with one attached hydrogen (secondary N) is 1. The molecule has 0 bridgehead atoms. The van der Waals surface area contributed by atoms with Crippen molar-refractivity contribution in [2.75, 3.05) is 39.3 Å². The lowest BCUT2D eigenvalue weighted by molar-refractivity contribution is -0.116. The Labute approximate surface area is 244 Å². The fraction of sp³-hybridized carbons (Fsp3) is 0.576. The number of Topliss-reactive ketones (excluding diaryl/α,β-unsaturated/α-hetero) is 1. The van der Waals surface area contributed by atoms with E-state index in [0.29, 0.717) is 12.2 Å². The van der Waals surface area contributed by atoms with Crippen LogP contribution in [0.1, 0.15) is 91.3 Å². The third-order valence-corrected chi connectivity index (χ3v) is 6.37. The highest BCUT2D eigenvalue weighted by Crippen LogP contribution is 2.33. The minimum atomic E-state index is 0. The molecule has 0 atom stereocenters. The van der Waals surface area contributed by atoms with E-state index in [2.05, 4.69) is 54.3 Å². The second-order valence-electron chi connectivity index (χ2n) is 9.53. The van der Waals surface area contributed by atoms with Crippen LogP contribution in [0.4, 0.5) is 5.82 Å². The van der Waals surface area contributed by atoms with Crippen molar-refractivity contribution < 1.29 is 19.1 Å². The summed E-state index contributed by atoms with van der Waals surface area (Å²) in [5, 5.41) is 0. The SMILES string of the molecule is C.CC.CC/C=C(\NOC)c1ccc(N2CCC(C)CC2)nc1.CCCc1cc(CC(C)=O)cc(OC)c1OC. The molecule has 7 nitrogen and oxygen atoms in total. The minimum absolute atomic E-state index is 0. The van der Waals surface area contributed by atoms with Gasteiger partial charge in [0.05, 0.1) is 27.0 Å². The van der Waals surface area contributed by atoms with Gasteiger partial charge in [0.1, 0.15) is 11.6 Å². The molecule has 0 spiro atoms. The van der Waals surface area contributed by atoms with Crippen LogP contribution in [0.25, 0.3) is 5.70 Å². The predicted octanol–water partition coefficient (Wildman–Crippen LogP) is 7.67. The number of hydrogen-bond acceptors (Lipinski definition) is 7. The molecule has 1 aliphatic heterocycles. The number of ketones is 1. The number of hydroxylamine groups is 1. The normalized spacial score (nSPS) is 13.1. The van der Waals surface area contributed by atoms with Crippen molar-refractivity contribution in [2.45, 2.75) is 87.5 Å². The third-order valence-electron chi connectivity index (χ3n) is 6.37. The summed E-state index contributed by atoms with van der Waals surface area (Å²) in [4.78, 5) is 23.2. The molecule has 1 aromatic heterocycles. The summed E-state index contributed by atoms with van der Waals surface area (Å²) in [6, 6.07) is 8.12. The van der Waals surface area contributed by atoms with Crippen molar-refractivity contribution >= 4 is 17.3 Å². The maximum Gasteiger partial charge on any atom is 0.163 e. The van der Waals surface area contributed by atoms with Gasteiger partial charge in [0, 0.05) is 31.3 Å². The molecule has 0 radical (unpaired) electrons. The van der Waals surface area contributed by atoms with E-state index >= 15 is 0 Å². The van der Waals surface area contributed by atoms with Gasteiger partial charge >= 0.3 is 0 Å². The van der Waals surface area contributed by atoms with Gasteiger partial charge in [-0.1, -0.05) is 60.6 Å². The van der Waals surface area contributed by atoms with Crippen LogP contribution in [0.15, 0.2) is 36.5 Å². The Hall–Kier alpha value is -3.06. The molecule has 2 heterocycles. The third kappa shape index (κ3) is 12.0. The molecule has 226 valence electrons. The van der Waals surface area contributed by atoms with E-state index < -0.39 is 0 Å². The predicted molar refractivity (Wildman–Crippen MR) is 169 cm³/mol. The molecule has 1 aromatic carbocycles. The quantitative estimate of drug-likeness (QED) is 0.284. The van der Waals surface area contributed by atoms with Crippen LogP contribution >= 0.6 is 0 Å². The summed E-state index contributed by atoms with van der Waals surface area (Å²) in [6.07, 6.45) is 9.89. The number of rotatable bonds is 11. The lowest BCUT2D eigenvalue weighted by atomic mass is 9.99. The monoisotopic (exact) mass is 557 g/mol. The van der Waals surface area contributed by atoms with E-state index in [-0.39, 0.29) is 13.2 Å². The number of carbonyl (C=O) groups excluding carboxylic acids is 1. The van der Waals surface area contributed by atoms with Crippen LogP contribution < -0.4 is 19.9 Å². The summed E-state index contributed by atoms with van der Waals surface area (Å²) in [5.74, 6) is 3.56. The Bertz CT molecular complexity index is 998. The molecule has 0 aliphatic carbocycles. The zero-order valence-electron chi connectivity index (χ0n) is 25.7. The Balaban J connectivity index is 0.000000708. The van der Waals surface area contributed by atoms with Crippen molar-refractivity contribution in [2.24, 2.45) is 5.92 Å². The number of methoxy groups -OCH3 is 2. The number of anilines is 1. The summed E-state index contributed by atoms with van der Waals surface area (Å²) >= 11 is 0. The van der Waals surface area contributed by atoms with Crippen LogP contribution in [-0.4, -0.2) is 45.2 Å². The van der Waals surface area contributed by atoms with E-state index in [4.69, 9.17) is 14.3 Å². The number of hydrogen-bond donors (Lipinski definition) is 1. The molecule has 2 aromatic rings. The number of carbonyl (C=O) groups is 1. The van der Waals surface area contributed by atoms with Crippen molar-refractivity contribution in [3.8, 4) is 11.5 Å². The van der Waals surface area contributed by atoms with Crippen molar-refractivity contribution in [1.82, 2.24) is 10.5 Å². The Morgan fingerprint density at radius 3 is 2.25 bits per heavy atom. The molecule has 1 fully saturated rings. The number of aryl methyl sites for hydroxylation is 1. The van der Waals surface area contributed by atoms with Gasteiger partial charge in [-0.2, -0.15) is 0 Å². The van der Waals surface area contributed by atoms with Crippen LogP contribution in [0.3, 0.4) is 0 Å². The Morgan fingerprint density at radius 1 is 1.10 bits per heavy atom. The van der Waals surface area contributed by atoms with Gasteiger partial charge in [-0.25, -0.2) is 4.98 Å². The molecular formula is C33H55N3O4. The van der Waals surface area contributed by atoms with Gasteiger partial charge in [-0.3, -0.25) is 15.1 Å². The molecule has 0 unspecified atom stereocenters. The van der Waals surface area contributed by atoms with Gasteiger partial charge in [-0.05, 0) is 67.9 Å². The molecule has 1 aliphatic rings. The van der Waals surface area contributed by atoms with Crippen LogP contribution in [0.5, 0.6) is 11.5 Å². The maximum absolute atomic E-state index is 11.2. The zero-order chi connectivity index (χ0) is 29.2. The second-order valence-corrected chi connectivity index (χ2v) is 9.53. The number of allylic oxidation sites excluding steroid dienone is 1. The van der Waals surface area contributed by atoms with Crippen LogP contribution in [0.2, 0.25) is 0 Å². The molecule has 3 rings (SSSR count). The van der Waals surface area contributed by atoms with Gasteiger partial charge in [0.25, 0.3) is 0 Å². The molecule has 7 heteroatoms. The van der Waals surface area contributed by atoms with E-state index in [1.807, 2.05) is 32.2 Å². The standard InChI is InChI=1S/C16H25N3O.C14H20O3.C2H6.CH4/c1-4-5-15(18-20-3)14-6-7-16(17-12-14)19-10-8-13(2)9-11-19;1-5-6-12-8-11(7-10(2)15)9-13(16-3)14(12)17-4;1-2;/h5-7,12-13,18H,4,8-11H2,1-3H3;8-9H,5-7H2,1-4H3;1-2H3;1H4/b15-5-;;;. The zero-order valence-corrected chi connectivity index (χ0v) is 25.7. The van der Waals surface area contributed by atoms with Crippen molar-refractivity contribution in [3.05, 3.63) is 53.2 Å². The molecule has 1 saturated heterocycles. The maximum atomic E-state index is 11.2. The van der Waals surface area contributed by atoms with E-state index in [1.165, 1.54) is 12.8 Å². The summed E-state index contributed by atoms with van der Waals surface area (Å²) in [5.41, 5.74) is 7.03. The smallest absolute Gasteiger partial charge is 0.163 e. The van der Waals surface area contributed by atoms with Crippen LogP contribution in [0, 0.1) is 5.92 Å². The molecule has 1 N–H and O–H groups in total. The van der Waals surface area contributed by atoms with Gasteiger partial charge in [0.2, 0.25) is 0 Å². The Morgan fingerprint density at radius 2 is 1.77 bits per heavy atom. The van der Waals surface area contributed by atoms with Gasteiger partial charge in [-0.15, -0.1) is 0 Å². The van der Waals surface area contributed by atoms with Gasteiger partial charge in [0.15, 0.2) is 11.5 Å². The first-order valence-electron chi connectivity index (χ1n) is 14.3. The second kappa shape index (κ2) is 20.8. The summed E-state index contributed by atoms with van der Waals surface area (Å²) in [7, 11) is 4.88. The number of benzene rings is 1. The highest BCUT2D eigenvalue weighted by Gasteiger charge is 2.17. The van der Waals surface area contributed by atoms with E-state index in [9.17, 15) is 4.79 Å². The largest absolute Gasteiger partial charge is 0.493 e. The Kier molecular flexibility index (Phi) is 19.2. The molecule has 0 amide bonds. The highest BCUT2D eigenvalue weighted by molar-refractivity contribution is 5.78. The number of ether oxygens (including phenoxy) is 2. The van der Waals surface area contributed by atoms with E-state index in [1.54, 1.807) is 28.3 Å². The number of aromatic nitrogens is 1. The lowest BCUT2D eigenvalue weighted by Crippen LogP contribution is -2.33. The molecular weight excluding hydrogens is 502 g/mol.